The van der Waals surface area contributed by atoms with Gasteiger partial charge in [-0.1, -0.05) is 0 Å². The highest BCUT2D eigenvalue weighted by Gasteiger charge is 2.25. The van der Waals surface area contributed by atoms with Crippen molar-refractivity contribution in [2.75, 3.05) is 0 Å². The van der Waals surface area contributed by atoms with Crippen molar-refractivity contribution < 1.29 is 4.79 Å². The van der Waals surface area contributed by atoms with Crippen molar-refractivity contribution in [3.63, 3.8) is 0 Å². The molecular formula is C8H18N2O. The number of nitrogens with two attached hydrogens (primary N) is 1. The van der Waals surface area contributed by atoms with Crippen LogP contribution in [0.5, 0.6) is 0 Å². The van der Waals surface area contributed by atoms with Gasteiger partial charge in [-0.3, -0.25) is 4.79 Å². The molecule has 0 aliphatic carbocycles. The molecule has 3 heteroatoms. The summed E-state index contributed by atoms with van der Waals surface area (Å²) < 4.78 is 0. The molecule has 0 spiro atoms. The molecule has 0 aromatic carbocycles. The van der Waals surface area contributed by atoms with E-state index >= 15 is 0 Å². The highest BCUT2D eigenvalue weighted by molar-refractivity contribution is 5.85. The largest absolute Gasteiger partial charge is 0.350 e. The van der Waals surface area contributed by atoms with E-state index in [1.165, 1.54) is 0 Å². The van der Waals surface area contributed by atoms with Crippen molar-refractivity contribution >= 4 is 5.91 Å². The van der Waals surface area contributed by atoms with Gasteiger partial charge in [0.2, 0.25) is 5.91 Å². The van der Waals surface area contributed by atoms with Crippen molar-refractivity contribution in [3.05, 3.63) is 0 Å². The molecule has 0 radical (unpaired) electrons. The van der Waals surface area contributed by atoms with Crippen molar-refractivity contribution in [2.24, 2.45) is 5.73 Å². The number of hydrogen-bond acceptors (Lipinski definition) is 2. The summed E-state index contributed by atoms with van der Waals surface area (Å²) in [6.45, 7) is 9.16. The van der Waals surface area contributed by atoms with Gasteiger partial charge in [0.05, 0.1) is 5.54 Å². The standard InChI is InChI=1S/C8H18N2O/c1-7(2,3)10-6(11)8(4,5)9/h9H2,1-5H3,(H,10,11). The fraction of sp³-hybridized carbons (Fsp3) is 0.875. The van der Waals surface area contributed by atoms with Crippen molar-refractivity contribution in [1.29, 1.82) is 0 Å². The topological polar surface area (TPSA) is 55.1 Å². The van der Waals surface area contributed by atoms with Crippen LogP contribution in [0.4, 0.5) is 0 Å². The smallest absolute Gasteiger partial charge is 0.239 e. The Morgan fingerprint density at radius 2 is 1.55 bits per heavy atom. The summed E-state index contributed by atoms with van der Waals surface area (Å²) in [4.78, 5) is 11.2. The molecular weight excluding hydrogens is 140 g/mol. The molecule has 0 fully saturated rings. The van der Waals surface area contributed by atoms with E-state index in [1.807, 2.05) is 20.8 Å². The van der Waals surface area contributed by atoms with Gasteiger partial charge in [0.1, 0.15) is 0 Å². The van der Waals surface area contributed by atoms with Crippen LogP contribution in [0.1, 0.15) is 34.6 Å². The molecule has 3 nitrogen and oxygen atoms in total. The molecule has 1 amide bonds. The summed E-state index contributed by atoms with van der Waals surface area (Å²) in [5.41, 5.74) is 4.59. The van der Waals surface area contributed by atoms with E-state index < -0.39 is 5.54 Å². The molecule has 0 aliphatic heterocycles. The fourth-order valence-corrected chi connectivity index (χ4v) is 0.502. The Balaban J connectivity index is 4.11. The summed E-state index contributed by atoms with van der Waals surface area (Å²) in [6.07, 6.45) is 0. The molecule has 0 aromatic heterocycles. The van der Waals surface area contributed by atoms with Gasteiger partial charge in [0.25, 0.3) is 0 Å². The van der Waals surface area contributed by atoms with Crippen LogP contribution in [0.25, 0.3) is 0 Å². The second kappa shape index (κ2) is 2.81. The van der Waals surface area contributed by atoms with E-state index in [9.17, 15) is 4.79 Å². The Kier molecular flexibility index (Phi) is 2.67. The molecule has 0 aliphatic rings. The predicted octanol–water partition coefficient (Wildman–Crippen LogP) is 0.638. The van der Waals surface area contributed by atoms with Gasteiger partial charge < -0.3 is 11.1 Å². The second-order valence-electron chi connectivity index (χ2n) is 4.43. The minimum atomic E-state index is -0.784. The molecule has 0 saturated carbocycles. The molecule has 0 aromatic rings. The van der Waals surface area contributed by atoms with Crippen LogP contribution in [-0.4, -0.2) is 17.0 Å². The van der Waals surface area contributed by atoms with Crippen LogP contribution >= 0.6 is 0 Å². The zero-order valence-corrected chi connectivity index (χ0v) is 7.99. The van der Waals surface area contributed by atoms with E-state index in [-0.39, 0.29) is 11.4 Å². The van der Waals surface area contributed by atoms with Crippen LogP contribution in [0, 0.1) is 0 Å². The van der Waals surface area contributed by atoms with Crippen molar-refractivity contribution in [1.82, 2.24) is 5.32 Å². The van der Waals surface area contributed by atoms with E-state index in [4.69, 9.17) is 5.73 Å². The molecule has 66 valence electrons. The fourth-order valence-electron chi connectivity index (χ4n) is 0.502. The van der Waals surface area contributed by atoms with Crippen molar-refractivity contribution in [3.8, 4) is 0 Å². The molecule has 0 bridgehead atoms. The minimum Gasteiger partial charge on any atom is -0.350 e. The number of nitrogens with one attached hydrogen (secondary N) is 1. The summed E-state index contributed by atoms with van der Waals surface area (Å²) in [5, 5.41) is 2.80. The third-order valence-corrected chi connectivity index (χ3v) is 1.07. The zero-order valence-electron chi connectivity index (χ0n) is 7.99. The summed E-state index contributed by atoms with van der Waals surface area (Å²) in [7, 11) is 0. The summed E-state index contributed by atoms with van der Waals surface area (Å²) in [5.74, 6) is -0.120. The lowest BCUT2D eigenvalue weighted by molar-refractivity contribution is -0.126. The highest BCUT2D eigenvalue weighted by Crippen LogP contribution is 2.03. The van der Waals surface area contributed by atoms with Crippen LogP contribution in [0.15, 0.2) is 0 Å². The molecule has 3 N–H and O–H groups in total. The number of carbonyl (C=O) groups excluding carboxylic acids is 1. The maximum absolute atomic E-state index is 11.2. The average molecular weight is 158 g/mol. The number of carbonyl (C=O) groups is 1. The normalized spacial score (nSPS) is 12.9. The Bertz CT molecular complexity index is 150. The first-order valence-corrected chi connectivity index (χ1v) is 3.74. The number of hydrogen-bond donors (Lipinski definition) is 2. The minimum absolute atomic E-state index is 0.120. The lowest BCUT2D eigenvalue weighted by atomic mass is 10.0. The summed E-state index contributed by atoms with van der Waals surface area (Å²) >= 11 is 0. The first-order valence-electron chi connectivity index (χ1n) is 3.74. The molecule has 0 rings (SSSR count). The Morgan fingerprint density at radius 1 is 1.18 bits per heavy atom. The highest BCUT2D eigenvalue weighted by atomic mass is 16.2. The lowest BCUT2D eigenvalue weighted by Gasteiger charge is -2.26. The van der Waals surface area contributed by atoms with E-state index in [1.54, 1.807) is 13.8 Å². The zero-order chi connectivity index (χ0) is 9.28. The van der Waals surface area contributed by atoms with Crippen LogP contribution in [-0.2, 0) is 4.79 Å². The first-order chi connectivity index (χ1) is 4.63. The lowest BCUT2D eigenvalue weighted by Crippen LogP contribution is -2.54. The monoisotopic (exact) mass is 158 g/mol. The third kappa shape index (κ3) is 4.79. The third-order valence-electron chi connectivity index (χ3n) is 1.07. The van der Waals surface area contributed by atoms with Crippen LogP contribution < -0.4 is 11.1 Å². The van der Waals surface area contributed by atoms with Gasteiger partial charge in [0.15, 0.2) is 0 Å². The maximum Gasteiger partial charge on any atom is 0.239 e. The number of rotatable bonds is 1. The van der Waals surface area contributed by atoms with E-state index in [0.717, 1.165) is 0 Å². The van der Waals surface area contributed by atoms with Crippen LogP contribution in [0.2, 0.25) is 0 Å². The number of amides is 1. The van der Waals surface area contributed by atoms with Gasteiger partial charge >= 0.3 is 0 Å². The quantitative estimate of drug-likeness (QED) is 0.588. The predicted molar refractivity (Wildman–Crippen MR) is 46.2 cm³/mol. The SMILES string of the molecule is CC(C)(C)NC(=O)C(C)(C)N. The Morgan fingerprint density at radius 3 is 1.64 bits per heavy atom. The van der Waals surface area contributed by atoms with E-state index in [0.29, 0.717) is 0 Å². The summed E-state index contributed by atoms with van der Waals surface area (Å²) in [6, 6.07) is 0. The molecule has 0 heterocycles. The molecule has 0 saturated heterocycles. The molecule has 11 heavy (non-hydrogen) atoms. The van der Waals surface area contributed by atoms with Crippen LogP contribution in [0.3, 0.4) is 0 Å². The van der Waals surface area contributed by atoms with E-state index in [2.05, 4.69) is 5.32 Å². The average Bonchev–Trinajstić information content (AvgIpc) is 1.56. The van der Waals surface area contributed by atoms with Gasteiger partial charge in [0, 0.05) is 5.54 Å². The molecule has 0 unspecified atom stereocenters. The van der Waals surface area contributed by atoms with Crippen molar-refractivity contribution in [2.45, 2.75) is 45.7 Å². The van der Waals surface area contributed by atoms with Gasteiger partial charge in [-0.25, -0.2) is 0 Å². The molecule has 0 atom stereocenters. The maximum atomic E-state index is 11.2. The van der Waals surface area contributed by atoms with Gasteiger partial charge in [-0.15, -0.1) is 0 Å². The Hall–Kier alpha value is -0.570. The Labute approximate surface area is 68.3 Å². The van der Waals surface area contributed by atoms with Gasteiger partial charge in [-0.05, 0) is 34.6 Å². The van der Waals surface area contributed by atoms with Gasteiger partial charge in [-0.2, -0.15) is 0 Å². The second-order valence-corrected chi connectivity index (χ2v) is 4.43. The first kappa shape index (κ1) is 10.4.